The molecule has 0 spiro atoms. The molecule has 2 rings (SSSR count). The Morgan fingerprint density at radius 1 is 1.35 bits per heavy atom. The van der Waals surface area contributed by atoms with Crippen molar-refractivity contribution in [3.8, 4) is 6.07 Å². The predicted molar refractivity (Wildman–Crippen MR) is 69.3 cm³/mol. The fourth-order valence-electron chi connectivity index (χ4n) is 2.05. The van der Waals surface area contributed by atoms with Crippen LogP contribution in [0.1, 0.15) is 38.3 Å². The molecule has 1 unspecified atom stereocenters. The second-order valence-electron chi connectivity index (χ2n) is 5.60. The Labute approximate surface area is 104 Å². The Morgan fingerprint density at radius 3 is 2.53 bits per heavy atom. The predicted octanol–water partition coefficient (Wildman–Crippen LogP) is 3.28. The van der Waals surface area contributed by atoms with Crippen LogP contribution in [0, 0.1) is 22.7 Å². The van der Waals surface area contributed by atoms with Crippen molar-refractivity contribution < 1.29 is 0 Å². The zero-order valence-corrected chi connectivity index (χ0v) is 10.6. The molecule has 1 aromatic carbocycles. The molecule has 17 heavy (non-hydrogen) atoms. The van der Waals surface area contributed by atoms with E-state index >= 15 is 0 Å². The molecular weight excluding hydrogens is 208 g/mol. The summed E-state index contributed by atoms with van der Waals surface area (Å²) in [7, 11) is 0. The van der Waals surface area contributed by atoms with Crippen molar-refractivity contribution in [3.63, 3.8) is 0 Å². The Balaban J connectivity index is 2.02. The van der Waals surface area contributed by atoms with E-state index < -0.39 is 0 Å². The second kappa shape index (κ2) is 4.89. The number of nitrogens with zero attached hydrogens (tertiary/aromatic N) is 1. The van der Waals surface area contributed by atoms with Crippen LogP contribution in [0.2, 0.25) is 0 Å². The van der Waals surface area contributed by atoms with Crippen LogP contribution in [0.4, 0.5) is 0 Å². The van der Waals surface area contributed by atoms with Crippen molar-refractivity contribution in [1.82, 2.24) is 5.32 Å². The van der Waals surface area contributed by atoms with Gasteiger partial charge in [-0.3, -0.25) is 0 Å². The van der Waals surface area contributed by atoms with Crippen LogP contribution in [0.3, 0.4) is 0 Å². The average molecular weight is 228 g/mol. The molecule has 0 bridgehead atoms. The molecule has 2 heteroatoms. The SMILES string of the molecule is CC(C)(C#N)CNC(c1ccccc1)C1CC1. The zero-order chi connectivity index (χ0) is 12.3. The molecule has 0 saturated heterocycles. The minimum absolute atomic E-state index is 0.290. The molecule has 1 saturated carbocycles. The molecule has 0 aromatic heterocycles. The third-order valence-electron chi connectivity index (χ3n) is 3.32. The van der Waals surface area contributed by atoms with E-state index in [0.717, 1.165) is 12.5 Å². The molecule has 1 N–H and O–H groups in total. The van der Waals surface area contributed by atoms with Crippen LogP contribution in [0.25, 0.3) is 0 Å². The van der Waals surface area contributed by atoms with Gasteiger partial charge in [0, 0.05) is 12.6 Å². The lowest BCUT2D eigenvalue weighted by atomic mass is 9.94. The first-order valence-electron chi connectivity index (χ1n) is 6.32. The van der Waals surface area contributed by atoms with Crippen molar-refractivity contribution in [2.75, 3.05) is 6.54 Å². The Bertz CT molecular complexity index is 399. The number of nitriles is 1. The summed E-state index contributed by atoms with van der Waals surface area (Å²) in [5.41, 5.74) is 1.06. The Morgan fingerprint density at radius 2 is 2.00 bits per heavy atom. The van der Waals surface area contributed by atoms with Crippen LogP contribution < -0.4 is 5.32 Å². The fraction of sp³-hybridized carbons (Fsp3) is 0.533. The van der Waals surface area contributed by atoms with Gasteiger partial charge in [-0.25, -0.2) is 0 Å². The summed E-state index contributed by atoms with van der Waals surface area (Å²) in [5, 5.41) is 12.6. The zero-order valence-electron chi connectivity index (χ0n) is 10.6. The maximum Gasteiger partial charge on any atom is 0.0697 e. The van der Waals surface area contributed by atoms with Gasteiger partial charge in [0.25, 0.3) is 0 Å². The lowest BCUT2D eigenvalue weighted by Crippen LogP contribution is -2.32. The van der Waals surface area contributed by atoms with Gasteiger partial charge >= 0.3 is 0 Å². The van der Waals surface area contributed by atoms with E-state index in [0.29, 0.717) is 6.04 Å². The van der Waals surface area contributed by atoms with E-state index in [1.807, 2.05) is 19.9 Å². The molecule has 1 atom stereocenters. The smallest absolute Gasteiger partial charge is 0.0697 e. The number of hydrogen-bond acceptors (Lipinski definition) is 2. The minimum atomic E-state index is -0.290. The molecular formula is C15H20N2. The van der Waals surface area contributed by atoms with E-state index in [1.165, 1.54) is 18.4 Å². The third-order valence-corrected chi connectivity index (χ3v) is 3.32. The van der Waals surface area contributed by atoms with E-state index in [4.69, 9.17) is 5.26 Å². The van der Waals surface area contributed by atoms with Crippen LogP contribution >= 0.6 is 0 Å². The number of hydrogen-bond donors (Lipinski definition) is 1. The minimum Gasteiger partial charge on any atom is -0.308 e. The highest BCUT2D eigenvalue weighted by atomic mass is 14.9. The van der Waals surface area contributed by atoms with Gasteiger partial charge in [0.1, 0.15) is 0 Å². The van der Waals surface area contributed by atoms with Gasteiger partial charge in [-0.1, -0.05) is 30.3 Å². The first kappa shape index (κ1) is 12.1. The van der Waals surface area contributed by atoms with Gasteiger partial charge in [-0.2, -0.15) is 5.26 Å². The van der Waals surface area contributed by atoms with E-state index in [2.05, 4.69) is 35.7 Å². The highest BCUT2D eigenvalue weighted by Crippen LogP contribution is 2.41. The molecule has 2 nitrogen and oxygen atoms in total. The largest absolute Gasteiger partial charge is 0.308 e. The van der Waals surface area contributed by atoms with E-state index in [1.54, 1.807) is 0 Å². The van der Waals surface area contributed by atoms with Crippen molar-refractivity contribution in [2.24, 2.45) is 11.3 Å². The van der Waals surface area contributed by atoms with Gasteiger partial charge in [0.15, 0.2) is 0 Å². The monoisotopic (exact) mass is 228 g/mol. The van der Waals surface area contributed by atoms with Gasteiger partial charge in [-0.05, 0) is 38.2 Å². The molecule has 0 heterocycles. The van der Waals surface area contributed by atoms with Crippen molar-refractivity contribution in [1.29, 1.82) is 5.26 Å². The number of rotatable bonds is 5. The summed E-state index contributed by atoms with van der Waals surface area (Å²) in [6, 6.07) is 13.3. The maximum atomic E-state index is 9.04. The molecule has 1 aromatic rings. The van der Waals surface area contributed by atoms with Crippen LogP contribution in [0.5, 0.6) is 0 Å². The maximum absolute atomic E-state index is 9.04. The summed E-state index contributed by atoms with van der Waals surface area (Å²) >= 11 is 0. The van der Waals surface area contributed by atoms with Gasteiger partial charge in [-0.15, -0.1) is 0 Å². The highest BCUT2D eigenvalue weighted by Gasteiger charge is 2.33. The summed E-state index contributed by atoms with van der Waals surface area (Å²) in [5.74, 6) is 0.756. The standard InChI is InChI=1S/C15H20N2/c1-15(2,10-16)11-17-14(13-8-9-13)12-6-4-3-5-7-12/h3-7,13-14,17H,8-9,11H2,1-2H3. The van der Waals surface area contributed by atoms with Gasteiger partial charge in [0.2, 0.25) is 0 Å². The van der Waals surface area contributed by atoms with Crippen molar-refractivity contribution in [2.45, 2.75) is 32.7 Å². The third kappa shape index (κ3) is 3.31. The van der Waals surface area contributed by atoms with E-state index in [-0.39, 0.29) is 5.41 Å². The Hall–Kier alpha value is -1.33. The van der Waals surface area contributed by atoms with Crippen LogP contribution in [0.15, 0.2) is 30.3 Å². The molecule has 0 aliphatic heterocycles. The summed E-state index contributed by atoms with van der Waals surface area (Å²) in [4.78, 5) is 0. The molecule has 1 fully saturated rings. The molecule has 1 aliphatic rings. The first-order valence-corrected chi connectivity index (χ1v) is 6.32. The van der Waals surface area contributed by atoms with Crippen molar-refractivity contribution >= 4 is 0 Å². The number of benzene rings is 1. The van der Waals surface area contributed by atoms with E-state index in [9.17, 15) is 0 Å². The number of nitrogens with one attached hydrogen (secondary N) is 1. The van der Waals surface area contributed by atoms with Crippen LogP contribution in [-0.4, -0.2) is 6.54 Å². The summed E-state index contributed by atoms with van der Waals surface area (Å²) < 4.78 is 0. The van der Waals surface area contributed by atoms with Crippen LogP contribution in [-0.2, 0) is 0 Å². The topological polar surface area (TPSA) is 35.8 Å². The van der Waals surface area contributed by atoms with Gasteiger partial charge < -0.3 is 5.32 Å². The first-order chi connectivity index (χ1) is 8.12. The summed E-state index contributed by atoms with van der Waals surface area (Å²) in [6.07, 6.45) is 2.61. The normalized spacial score (nSPS) is 17.5. The second-order valence-corrected chi connectivity index (χ2v) is 5.60. The highest BCUT2D eigenvalue weighted by molar-refractivity contribution is 5.21. The molecule has 0 amide bonds. The lowest BCUT2D eigenvalue weighted by Gasteiger charge is -2.23. The lowest BCUT2D eigenvalue weighted by molar-refractivity contribution is 0.383. The molecule has 1 aliphatic carbocycles. The van der Waals surface area contributed by atoms with Gasteiger partial charge in [0.05, 0.1) is 11.5 Å². The molecule has 90 valence electrons. The Kier molecular flexibility index (Phi) is 3.49. The van der Waals surface area contributed by atoms with Crippen molar-refractivity contribution in [3.05, 3.63) is 35.9 Å². The molecule has 0 radical (unpaired) electrons. The quantitative estimate of drug-likeness (QED) is 0.839. The average Bonchev–Trinajstić information content (AvgIpc) is 3.15. The fourth-order valence-corrected chi connectivity index (χ4v) is 2.05. The summed E-state index contributed by atoms with van der Waals surface area (Å²) in [6.45, 7) is 4.71.